The summed E-state index contributed by atoms with van der Waals surface area (Å²) in [6, 6.07) is 43.9. The van der Waals surface area contributed by atoms with Crippen molar-refractivity contribution in [2.45, 2.75) is 6.42 Å². The molecule has 1 aliphatic rings. The first-order valence-electron chi connectivity index (χ1n) is 11.2. The lowest BCUT2D eigenvalue weighted by molar-refractivity contribution is 0.282. The van der Waals surface area contributed by atoms with Gasteiger partial charge in [0.15, 0.2) is 0 Å². The van der Waals surface area contributed by atoms with E-state index in [2.05, 4.69) is 121 Å². The first kappa shape index (κ1) is 20.9. The van der Waals surface area contributed by atoms with Crippen molar-refractivity contribution in [2.24, 2.45) is 0 Å². The molecule has 159 valence electrons. The van der Waals surface area contributed by atoms with Crippen LogP contribution in [0.2, 0.25) is 0 Å². The number of hydrogen-bond donors (Lipinski definition) is 0. The zero-order valence-electron chi connectivity index (χ0n) is 18.7. The van der Waals surface area contributed by atoms with Gasteiger partial charge in [0.05, 0.1) is 7.11 Å². The monoisotopic (exact) mass is 425 g/mol. The van der Waals surface area contributed by atoms with E-state index in [4.69, 9.17) is 5.11 Å². The maximum Gasteiger partial charge on any atom is 0.0712 e. The third-order valence-corrected chi connectivity index (χ3v) is 6.37. The van der Waals surface area contributed by atoms with Crippen LogP contribution in [0, 0.1) is 0 Å². The summed E-state index contributed by atoms with van der Waals surface area (Å²) in [6.45, 7) is 0. The van der Waals surface area contributed by atoms with E-state index < -0.39 is 0 Å². The van der Waals surface area contributed by atoms with Gasteiger partial charge in [-0.2, -0.15) is 0 Å². The molecule has 0 heterocycles. The van der Waals surface area contributed by atoms with E-state index in [1.807, 2.05) is 0 Å². The van der Waals surface area contributed by atoms with Gasteiger partial charge in [-0.25, -0.2) is 5.11 Å². The van der Waals surface area contributed by atoms with Crippen LogP contribution in [0.15, 0.2) is 121 Å². The van der Waals surface area contributed by atoms with Crippen molar-refractivity contribution in [3.63, 3.8) is 0 Å². The fraction of sp³-hybridized carbons (Fsp3) is 0.0625. The fourth-order valence-electron chi connectivity index (χ4n) is 4.85. The van der Waals surface area contributed by atoms with Crippen molar-refractivity contribution in [3.05, 3.63) is 132 Å². The molecule has 0 unspecified atom stereocenters. The number of rotatable bonds is 3. The van der Waals surface area contributed by atoms with Crippen LogP contribution in [0.3, 0.4) is 0 Å². The highest BCUT2D eigenvalue weighted by Gasteiger charge is 2.22. The van der Waals surface area contributed by atoms with E-state index >= 15 is 0 Å². The zero-order valence-corrected chi connectivity index (χ0v) is 18.7. The summed E-state index contributed by atoms with van der Waals surface area (Å²) in [7, 11) is 0.750. The van der Waals surface area contributed by atoms with Crippen LogP contribution in [0.25, 0.3) is 44.5 Å². The molecule has 0 aromatic heterocycles. The molecule has 1 heteroatoms. The van der Waals surface area contributed by atoms with E-state index in [1.165, 1.54) is 55.6 Å². The molecule has 5 aromatic carbocycles. The van der Waals surface area contributed by atoms with Crippen molar-refractivity contribution < 1.29 is 5.11 Å². The van der Waals surface area contributed by atoms with E-state index in [9.17, 15) is 0 Å². The Morgan fingerprint density at radius 1 is 0.394 bits per heavy atom. The van der Waals surface area contributed by atoms with Gasteiger partial charge in [-0.3, -0.25) is 0 Å². The molecule has 0 fully saturated rings. The quantitative estimate of drug-likeness (QED) is 0.272. The average Bonchev–Trinajstić information content (AvgIpc) is 3.29. The molecule has 0 atom stereocenters. The Bertz CT molecular complexity index is 1380. The Labute approximate surface area is 195 Å². The largest absolute Gasteiger partial charge is 0.240 e. The second-order valence-electron chi connectivity index (χ2n) is 8.15. The lowest BCUT2D eigenvalue weighted by Crippen LogP contribution is -1.91. The molecule has 0 spiro atoms. The minimum atomic E-state index is 0.750. The van der Waals surface area contributed by atoms with Crippen molar-refractivity contribution >= 4 is 0 Å². The second-order valence-corrected chi connectivity index (χ2v) is 8.15. The lowest BCUT2D eigenvalue weighted by atomic mass is 9.89. The predicted molar refractivity (Wildman–Crippen MR) is 138 cm³/mol. The molecule has 6 rings (SSSR count). The molecule has 0 saturated carbocycles. The first-order chi connectivity index (χ1) is 16.4. The average molecular weight is 426 g/mol. The minimum absolute atomic E-state index is 0.750. The summed E-state index contributed by atoms with van der Waals surface area (Å²) < 4.78 is 0. The van der Waals surface area contributed by atoms with Crippen molar-refractivity contribution in [2.75, 3.05) is 7.11 Å². The zero-order chi connectivity index (χ0) is 22.6. The normalized spacial score (nSPS) is 11.2. The summed E-state index contributed by atoms with van der Waals surface area (Å²) in [5, 5.41) is 8.25. The number of fused-ring (bicyclic) bond motifs is 3. The summed E-state index contributed by atoms with van der Waals surface area (Å²) in [4.78, 5) is 0. The fourth-order valence-corrected chi connectivity index (χ4v) is 4.85. The highest BCUT2D eigenvalue weighted by molar-refractivity contribution is 5.91. The molecular weight excluding hydrogens is 400 g/mol. The van der Waals surface area contributed by atoms with Gasteiger partial charge < -0.3 is 0 Å². The van der Waals surface area contributed by atoms with Gasteiger partial charge in [0, 0.05) is 0 Å². The molecule has 0 N–H and O–H groups in total. The molecule has 0 bridgehead atoms. The van der Waals surface area contributed by atoms with Crippen LogP contribution >= 0.6 is 0 Å². The maximum absolute atomic E-state index is 8.25. The molecule has 1 radical (unpaired) electrons. The molecule has 0 amide bonds. The van der Waals surface area contributed by atoms with E-state index in [0.29, 0.717) is 0 Å². The smallest absolute Gasteiger partial charge is 0.0712 e. The summed E-state index contributed by atoms with van der Waals surface area (Å²) in [6.07, 6.45) is 1.00. The minimum Gasteiger partial charge on any atom is -0.240 e. The molecule has 33 heavy (non-hydrogen) atoms. The van der Waals surface area contributed by atoms with Gasteiger partial charge in [-0.1, -0.05) is 121 Å². The summed E-state index contributed by atoms with van der Waals surface area (Å²) >= 11 is 0. The molecular formula is C32H25O. The van der Waals surface area contributed by atoms with Gasteiger partial charge in [-0.05, 0) is 62.1 Å². The Morgan fingerprint density at radius 3 is 1.61 bits per heavy atom. The standard InChI is InChI=1S/C31H22.CH3O/c1-2-9-22(10-3-1)23-17-19-24(20-18-23)26-12-6-7-14-28(26)30-16-8-15-29-27-13-5-4-11-25(27)21-31(29)30;1-2/h1-20H,21H2;1H3. The predicted octanol–water partition coefficient (Wildman–Crippen LogP) is 8.31. The Kier molecular flexibility index (Phi) is 5.89. The lowest BCUT2D eigenvalue weighted by Gasteiger charge is -2.14. The SMILES string of the molecule is C[O].c1ccc(-c2ccc(-c3ccccc3-c3cccc4c3Cc3ccccc3-4)cc2)cc1. The third kappa shape index (κ3) is 3.88. The molecule has 5 aromatic rings. The van der Waals surface area contributed by atoms with Gasteiger partial charge in [0.25, 0.3) is 0 Å². The van der Waals surface area contributed by atoms with Crippen LogP contribution in [0.5, 0.6) is 0 Å². The van der Waals surface area contributed by atoms with Crippen molar-refractivity contribution in [1.29, 1.82) is 0 Å². The summed E-state index contributed by atoms with van der Waals surface area (Å²) in [5.41, 5.74) is 13.3. The van der Waals surface area contributed by atoms with Crippen LogP contribution in [0.1, 0.15) is 11.1 Å². The Morgan fingerprint density at radius 2 is 0.879 bits per heavy atom. The van der Waals surface area contributed by atoms with E-state index in [-0.39, 0.29) is 0 Å². The van der Waals surface area contributed by atoms with E-state index in [0.717, 1.165) is 13.5 Å². The second kappa shape index (κ2) is 9.28. The molecule has 0 saturated heterocycles. The highest BCUT2D eigenvalue weighted by Crippen LogP contribution is 2.43. The van der Waals surface area contributed by atoms with Crippen molar-refractivity contribution in [1.82, 2.24) is 0 Å². The Balaban J connectivity index is 0.00000111. The number of benzene rings is 5. The maximum atomic E-state index is 8.25. The Hall–Kier alpha value is -3.94. The topological polar surface area (TPSA) is 19.9 Å². The van der Waals surface area contributed by atoms with Crippen molar-refractivity contribution in [3.8, 4) is 44.5 Å². The van der Waals surface area contributed by atoms with Gasteiger partial charge in [0.2, 0.25) is 0 Å². The third-order valence-electron chi connectivity index (χ3n) is 6.37. The van der Waals surface area contributed by atoms with E-state index in [1.54, 1.807) is 0 Å². The van der Waals surface area contributed by atoms with Gasteiger partial charge in [0.1, 0.15) is 0 Å². The first-order valence-corrected chi connectivity index (χ1v) is 11.2. The van der Waals surface area contributed by atoms with Crippen LogP contribution < -0.4 is 0 Å². The van der Waals surface area contributed by atoms with Crippen LogP contribution in [-0.2, 0) is 11.5 Å². The highest BCUT2D eigenvalue weighted by atomic mass is 16.2. The van der Waals surface area contributed by atoms with Crippen LogP contribution in [0.4, 0.5) is 0 Å². The molecule has 1 nitrogen and oxygen atoms in total. The summed E-state index contributed by atoms with van der Waals surface area (Å²) in [5.74, 6) is 0. The molecule has 1 aliphatic carbocycles. The van der Waals surface area contributed by atoms with Gasteiger partial charge >= 0.3 is 0 Å². The van der Waals surface area contributed by atoms with Gasteiger partial charge in [-0.15, -0.1) is 0 Å². The van der Waals surface area contributed by atoms with Crippen LogP contribution in [-0.4, -0.2) is 7.11 Å². The molecule has 0 aliphatic heterocycles. The number of hydrogen-bond acceptors (Lipinski definition) is 0.